The number of sulfonamides is 1. The van der Waals surface area contributed by atoms with Crippen molar-refractivity contribution < 1.29 is 21.6 Å². The van der Waals surface area contributed by atoms with Crippen molar-refractivity contribution in [2.75, 3.05) is 17.1 Å². The Labute approximate surface area is 90.8 Å². The fourth-order valence-electron chi connectivity index (χ4n) is 1.07. The van der Waals surface area contributed by atoms with Crippen LogP contribution in [-0.2, 0) is 10.0 Å². The second-order valence-corrected chi connectivity index (χ2v) is 5.00. The summed E-state index contributed by atoms with van der Waals surface area (Å²) in [4.78, 5) is 3.60. The highest BCUT2D eigenvalue weighted by Crippen LogP contribution is 2.23. The van der Waals surface area contributed by atoms with Gasteiger partial charge in [-0.1, -0.05) is 0 Å². The van der Waals surface area contributed by atoms with Gasteiger partial charge in [-0.25, -0.2) is 8.42 Å². The van der Waals surface area contributed by atoms with E-state index < -0.39 is 22.7 Å². The number of hydrogen-bond donors (Lipinski definition) is 0. The molecule has 0 unspecified atom stereocenters. The van der Waals surface area contributed by atoms with Crippen LogP contribution in [0.15, 0.2) is 24.5 Å². The SMILES string of the molecule is CS(=O)(=O)N(CC(F)(F)F)c1ccncc1. The normalized spacial score (nSPS) is 12.5. The van der Waals surface area contributed by atoms with Gasteiger partial charge in [-0.05, 0) is 12.1 Å². The summed E-state index contributed by atoms with van der Waals surface area (Å²) >= 11 is 0. The number of pyridine rings is 1. The van der Waals surface area contributed by atoms with Gasteiger partial charge >= 0.3 is 6.18 Å². The maximum absolute atomic E-state index is 12.2. The topological polar surface area (TPSA) is 50.3 Å². The Morgan fingerprint density at radius 1 is 1.31 bits per heavy atom. The van der Waals surface area contributed by atoms with Crippen molar-refractivity contribution in [1.82, 2.24) is 4.98 Å². The highest BCUT2D eigenvalue weighted by Gasteiger charge is 2.34. The van der Waals surface area contributed by atoms with Gasteiger partial charge in [0.1, 0.15) is 6.54 Å². The molecule has 0 saturated heterocycles. The van der Waals surface area contributed by atoms with E-state index in [0.29, 0.717) is 0 Å². The van der Waals surface area contributed by atoms with Gasteiger partial charge in [0, 0.05) is 12.4 Å². The first-order valence-electron chi connectivity index (χ1n) is 4.14. The molecule has 90 valence electrons. The van der Waals surface area contributed by atoms with Crippen molar-refractivity contribution in [2.45, 2.75) is 6.18 Å². The highest BCUT2D eigenvalue weighted by atomic mass is 32.2. The average Bonchev–Trinajstić information content (AvgIpc) is 2.13. The number of anilines is 1. The summed E-state index contributed by atoms with van der Waals surface area (Å²) in [7, 11) is -3.97. The van der Waals surface area contributed by atoms with E-state index in [1.165, 1.54) is 24.5 Å². The van der Waals surface area contributed by atoms with E-state index in [1.54, 1.807) is 0 Å². The van der Waals surface area contributed by atoms with Gasteiger partial charge in [0.25, 0.3) is 0 Å². The minimum absolute atomic E-state index is 0.0603. The molecule has 0 fully saturated rings. The van der Waals surface area contributed by atoms with Crippen molar-refractivity contribution in [3.05, 3.63) is 24.5 Å². The van der Waals surface area contributed by atoms with Crippen molar-refractivity contribution in [3.8, 4) is 0 Å². The van der Waals surface area contributed by atoms with E-state index >= 15 is 0 Å². The van der Waals surface area contributed by atoms with Crippen LogP contribution in [0.4, 0.5) is 18.9 Å². The van der Waals surface area contributed by atoms with E-state index in [0.717, 1.165) is 6.26 Å². The number of aromatic nitrogens is 1. The third-order valence-corrected chi connectivity index (χ3v) is 2.81. The third kappa shape index (κ3) is 3.69. The first-order valence-corrected chi connectivity index (χ1v) is 5.99. The second-order valence-electron chi connectivity index (χ2n) is 3.09. The van der Waals surface area contributed by atoms with E-state index in [1.807, 2.05) is 0 Å². The van der Waals surface area contributed by atoms with Crippen LogP contribution in [0.2, 0.25) is 0 Å². The Morgan fingerprint density at radius 2 is 1.81 bits per heavy atom. The molecular formula is C8H9F3N2O2S. The Kier molecular flexibility index (Phi) is 3.41. The molecule has 1 rings (SSSR count). The molecule has 0 aliphatic carbocycles. The average molecular weight is 254 g/mol. The molecule has 0 atom stereocenters. The Balaban J connectivity index is 3.09. The predicted octanol–water partition coefficient (Wildman–Crippen LogP) is 1.41. The molecular weight excluding hydrogens is 245 g/mol. The Morgan fingerprint density at radius 3 is 2.19 bits per heavy atom. The largest absolute Gasteiger partial charge is 0.407 e. The molecule has 0 aliphatic heterocycles. The number of halogens is 3. The minimum Gasteiger partial charge on any atom is -0.265 e. The van der Waals surface area contributed by atoms with Crippen LogP contribution in [0, 0.1) is 0 Å². The molecule has 1 aromatic heterocycles. The summed E-state index contributed by atoms with van der Waals surface area (Å²) in [5.74, 6) is 0. The molecule has 0 spiro atoms. The fourth-order valence-corrected chi connectivity index (χ4v) is 1.96. The maximum atomic E-state index is 12.2. The lowest BCUT2D eigenvalue weighted by molar-refractivity contribution is -0.117. The van der Waals surface area contributed by atoms with E-state index in [4.69, 9.17) is 0 Å². The van der Waals surface area contributed by atoms with Crippen LogP contribution in [-0.4, -0.2) is 32.4 Å². The van der Waals surface area contributed by atoms with Gasteiger partial charge in [0.05, 0.1) is 11.9 Å². The van der Waals surface area contributed by atoms with Gasteiger partial charge in [0.15, 0.2) is 0 Å². The quantitative estimate of drug-likeness (QED) is 0.819. The molecule has 8 heteroatoms. The lowest BCUT2D eigenvalue weighted by Crippen LogP contribution is -2.38. The smallest absolute Gasteiger partial charge is 0.265 e. The van der Waals surface area contributed by atoms with E-state index in [-0.39, 0.29) is 9.99 Å². The van der Waals surface area contributed by atoms with Crippen molar-refractivity contribution in [3.63, 3.8) is 0 Å². The van der Waals surface area contributed by atoms with Crippen LogP contribution in [0.1, 0.15) is 0 Å². The standard InChI is InChI=1S/C8H9F3N2O2S/c1-16(14,15)13(6-8(9,10)11)7-2-4-12-5-3-7/h2-5H,6H2,1H3. The zero-order chi connectivity index (χ0) is 12.4. The van der Waals surface area contributed by atoms with Crippen molar-refractivity contribution >= 4 is 15.7 Å². The zero-order valence-corrected chi connectivity index (χ0v) is 9.09. The third-order valence-electron chi connectivity index (χ3n) is 1.67. The summed E-state index contributed by atoms with van der Waals surface area (Å²) in [6.45, 7) is -1.55. The van der Waals surface area contributed by atoms with Gasteiger partial charge in [-0.15, -0.1) is 0 Å². The van der Waals surface area contributed by atoms with Crippen molar-refractivity contribution in [1.29, 1.82) is 0 Å². The van der Waals surface area contributed by atoms with Gasteiger partial charge < -0.3 is 0 Å². The molecule has 0 N–H and O–H groups in total. The van der Waals surface area contributed by atoms with Gasteiger partial charge in [-0.3, -0.25) is 9.29 Å². The van der Waals surface area contributed by atoms with Crippen LogP contribution in [0.25, 0.3) is 0 Å². The molecule has 16 heavy (non-hydrogen) atoms. The molecule has 0 saturated carbocycles. The molecule has 1 aromatic rings. The minimum atomic E-state index is -4.59. The molecule has 0 aliphatic rings. The number of alkyl halides is 3. The lowest BCUT2D eigenvalue weighted by atomic mass is 10.4. The van der Waals surface area contributed by atoms with Crippen LogP contribution in [0.3, 0.4) is 0 Å². The van der Waals surface area contributed by atoms with E-state index in [9.17, 15) is 21.6 Å². The summed E-state index contributed by atoms with van der Waals surface area (Å²) in [5.41, 5.74) is -0.0603. The number of rotatable bonds is 3. The van der Waals surface area contributed by atoms with Gasteiger partial charge in [0.2, 0.25) is 10.0 Å². The molecule has 0 radical (unpaired) electrons. The molecule has 0 amide bonds. The van der Waals surface area contributed by atoms with Crippen LogP contribution in [0.5, 0.6) is 0 Å². The number of hydrogen-bond acceptors (Lipinski definition) is 3. The predicted molar refractivity (Wildman–Crippen MR) is 52.5 cm³/mol. The molecule has 1 heterocycles. The number of nitrogens with zero attached hydrogens (tertiary/aromatic N) is 2. The van der Waals surface area contributed by atoms with Crippen LogP contribution >= 0.6 is 0 Å². The summed E-state index contributed by atoms with van der Waals surface area (Å²) < 4.78 is 59.3. The lowest BCUT2D eigenvalue weighted by Gasteiger charge is -2.23. The van der Waals surface area contributed by atoms with Crippen molar-refractivity contribution in [2.24, 2.45) is 0 Å². The second kappa shape index (κ2) is 4.28. The Bertz CT molecular complexity index is 444. The zero-order valence-electron chi connectivity index (χ0n) is 8.27. The first-order chi connectivity index (χ1) is 7.20. The first kappa shape index (κ1) is 12.8. The molecule has 0 aromatic carbocycles. The summed E-state index contributed by atoms with van der Waals surface area (Å²) in [5, 5.41) is 0. The van der Waals surface area contributed by atoms with Crippen LogP contribution < -0.4 is 4.31 Å². The molecule has 0 bridgehead atoms. The summed E-state index contributed by atoms with van der Waals surface area (Å²) in [6, 6.07) is 2.40. The monoisotopic (exact) mass is 254 g/mol. The Hall–Kier alpha value is -1.31. The fraction of sp³-hybridized carbons (Fsp3) is 0.375. The molecule has 4 nitrogen and oxygen atoms in total. The van der Waals surface area contributed by atoms with E-state index in [2.05, 4.69) is 4.98 Å². The highest BCUT2D eigenvalue weighted by molar-refractivity contribution is 7.92. The summed E-state index contributed by atoms with van der Waals surface area (Å²) in [6.07, 6.45) is -1.42. The maximum Gasteiger partial charge on any atom is 0.407 e. The van der Waals surface area contributed by atoms with Gasteiger partial charge in [-0.2, -0.15) is 13.2 Å².